The van der Waals surface area contributed by atoms with E-state index in [1.165, 1.54) is 64.2 Å². The van der Waals surface area contributed by atoms with Crippen molar-refractivity contribution in [1.82, 2.24) is 0 Å². The number of hydrogen-bond donors (Lipinski definition) is 1. The van der Waals surface area contributed by atoms with Gasteiger partial charge in [-0.15, -0.1) is 0 Å². The van der Waals surface area contributed by atoms with Gasteiger partial charge in [0.2, 0.25) is 0 Å². The molecule has 1 aliphatic rings. The summed E-state index contributed by atoms with van der Waals surface area (Å²) < 4.78 is 5.29. The van der Waals surface area contributed by atoms with E-state index in [1.54, 1.807) is 0 Å². The molecule has 118 valence electrons. The van der Waals surface area contributed by atoms with Gasteiger partial charge in [0, 0.05) is 0 Å². The summed E-state index contributed by atoms with van der Waals surface area (Å²) in [5.74, 6) is -0.00822. The van der Waals surface area contributed by atoms with Crippen molar-refractivity contribution in [3.8, 4) is 0 Å². The summed E-state index contributed by atoms with van der Waals surface area (Å²) in [5, 5.41) is 0. The molecule has 0 aromatic heterocycles. The van der Waals surface area contributed by atoms with Crippen LogP contribution in [-0.4, -0.2) is 18.1 Å². The smallest absolute Gasteiger partial charge is 0.252 e. The largest absolute Gasteiger partial charge is 0.367 e. The molecule has 3 heteroatoms. The Morgan fingerprint density at radius 2 is 1.50 bits per heavy atom. The van der Waals surface area contributed by atoms with Crippen LogP contribution in [0.1, 0.15) is 84.5 Å². The lowest BCUT2D eigenvalue weighted by Gasteiger charge is -2.16. The average molecular weight is 283 g/mol. The Kier molecular flexibility index (Phi) is 8.20. The maximum Gasteiger partial charge on any atom is 0.252 e. The van der Waals surface area contributed by atoms with E-state index < -0.39 is 5.60 Å². The van der Waals surface area contributed by atoms with Crippen LogP contribution in [0.25, 0.3) is 0 Å². The highest BCUT2D eigenvalue weighted by Crippen LogP contribution is 2.37. The number of ether oxygens (including phenoxy) is 1. The molecule has 1 saturated heterocycles. The molecule has 0 saturated carbocycles. The maximum atomic E-state index is 11.3. The van der Waals surface area contributed by atoms with Gasteiger partial charge in [0.25, 0.3) is 5.91 Å². The Morgan fingerprint density at radius 1 is 1.05 bits per heavy atom. The second kappa shape index (κ2) is 9.38. The standard InChI is InChI=1S/C17H33NO2/c1-3-4-5-6-7-8-9-10-11-12-13-15(2)17(14-20-17)16(18)19/h15H,3-14H2,1-2H3,(H2,18,19). The SMILES string of the molecule is CCCCCCCCCCCCC(C)C1(C(N)=O)CO1. The zero-order chi connectivity index (χ0) is 14.8. The van der Waals surface area contributed by atoms with Gasteiger partial charge in [0.1, 0.15) is 0 Å². The number of carbonyl (C=O) groups is 1. The third-order valence-electron chi connectivity index (χ3n) is 4.66. The summed E-state index contributed by atoms with van der Waals surface area (Å²) in [6, 6.07) is 0. The Labute approximate surface area is 124 Å². The maximum absolute atomic E-state index is 11.3. The van der Waals surface area contributed by atoms with Crippen molar-refractivity contribution in [3.63, 3.8) is 0 Å². The van der Waals surface area contributed by atoms with Crippen molar-refractivity contribution in [2.24, 2.45) is 11.7 Å². The third kappa shape index (κ3) is 5.82. The molecule has 0 aromatic carbocycles. The van der Waals surface area contributed by atoms with Crippen molar-refractivity contribution in [1.29, 1.82) is 0 Å². The van der Waals surface area contributed by atoms with E-state index >= 15 is 0 Å². The Hall–Kier alpha value is -0.570. The van der Waals surface area contributed by atoms with E-state index in [2.05, 4.69) is 13.8 Å². The molecule has 20 heavy (non-hydrogen) atoms. The minimum Gasteiger partial charge on any atom is -0.367 e. The first-order chi connectivity index (χ1) is 9.63. The summed E-state index contributed by atoms with van der Waals surface area (Å²) in [6.45, 7) is 4.88. The molecule has 0 aromatic rings. The topological polar surface area (TPSA) is 55.6 Å². The van der Waals surface area contributed by atoms with Gasteiger partial charge in [0.05, 0.1) is 6.61 Å². The molecular formula is C17H33NO2. The fraction of sp³-hybridized carbons (Fsp3) is 0.941. The highest BCUT2D eigenvalue weighted by Gasteiger charge is 2.54. The van der Waals surface area contributed by atoms with E-state index in [0.717, 1.165) is 6.42 Å². The first kappa shape index (κ1) is 17.5. The minimum atomic E-state index is -0.612. The van der Waals surface area contributed by atoms with Gasteiger partial charge in [-0.1, -0.05) is 78.1 Å². The van der Waals surface area contributed by atoms with Crippen LogP contribution >= 0.6 is 0 Å². The van der Waals surface area contributed by atoms with Gasteiger partial charge >= 0.3 is 0 Å². The lowest BCUT2D eigenvalue weighted by Crippen LogP contribution is -2.37. The molecule has 1 rings (SSSR count). The second-order valence-corrected chi connectivity index (χ2v) is 6.41. The number of unbranched alkanes of at least 4 members (excludes halogenated alkanes) is 9. The average Bonchev–Trinajstić information content (AvgIpc) is 3.22. The van der Waals surface area contributed by atoms with Crippen molar-refractivity contribution >= 4 is 5.91 Å². The molecule has 1 amide bonds. The van der Waals surface area contributed by atoms with E-state index in [1.807, 2.05) is 0 Å². The van der Waals surface area contributed by atoms with Crippen LogP contribution in [0.3, 0.4) is 0 Å². The van der Waals surface area contributed by atoms with Gasteiger partial charge in [-0.25, -0.2) is 0 Å². The van der Waals surface area contributed by atoms with Crippen molar-refractivity contribution in [2.45, 2.75) is 90.1 Å². The van der Waals surface area contributed by atoms with E-state index in [4.69, 9.17) is 10.5 Å². The zero-order valence-electron chi connectivity index (χ0n) is 13.5. The normalized spacial score (nSPS) is 22.7. The third-order valence-corrected chi connectivity index (χ3v) is 4.66. The summed E-state index contributed by atoms with van der Waals surface area (Å²) >= 11 is 0. The van der Waals surface area contributed by atoms with Crippen LogP contribution in [0.5, 0.6) is 0 Å². The van der Waals surface area contributed by atoms with E-state index in [9.17, 15) is 4.79 Å². The molecule has 1 fully saturated rings. The molecule has 1 heterocycles. The van der Waals surface area contributed by atoms with Gasteiger partial charge in [0.15, 0.2) is 5.60 Å². The van der Waals surface area contributed by atoms with Gasteiger partial charge in [-0.3, -0.25) is 4.79 Å². The molecule has 1 aliphatic heterocycles. The quantitative estimate of drug-likeness (QED) is 0.407. The number of hydrogen-bond acceptors (Lipinski definition) is 2. The van der Waals surface area contributed by atoms with E-state index in [0.29, 0.717) is 6.61 Å². The second-order valence-electron chi connectivity index (χ2n) is 6.41. The molecule has 2 N–H and O–H groups in total. The van der Waals surface area contributed by atoms with Gasteiger partial charge < -0.3 is 10.5 Å². The number of carbonyl (C=O) groups excluding carboxylic acids is 1. The van der Waals surface area contributed by atoms with Crippen molar-refractivity contribution in [3.05, 3.63) is 0 Å². The summed E-state index contributed by atoms with van der Waals surface area (Å²) in [7, 11) is 0. The molecule has 2 atom stereocenters. The number of rotatable bonds is 13. The number of amides is 1. The highest BCUT2D eigenvalue weighted by atomic mass is 16.6. The van der Waals surface area contributed by atoms with Crippen molar-refractivity contribution < 1.29 is 9.53 Å². The Balaban J connectivity index is 1.89. The predicted octanol–water partition coefficient (Wildman–Crippen LogP) is 4.19. The summed E-state index contributed by atoms with van der Waals surface area (Å²) in [6.07, 6.45) is 14.5. The first-order valence-electron chi connectivity index (χ1n) is 8.57. The van der Waals surface area contributed by atoms with E-state index in [-0.39, 0.29) is 11.8 Å². The summed E-state index contributed by atoms with van der Waals surface area (Å²) in [5.41, 5.74) is 4.78. The summed E-state index contributed by atoms with van der Waals surface area (Å²) in [4.78, 5) is 11.3. The highest BCUT2D eigenvalue weighted by molar-refractivity contribution is 5.86. The van der Waals surface area contributed by atoms with Crippen LogP contribution < -0.4 is 5.73 Å². The fourth-order valence-corrected chi connectivity index (χ4v) is 2.92. The number of nitrogens with two attached hydrogens (primary N) is 1. The minimum absolute atomic E-state index is 0.272. The van der Waals surface area contributed by atoms with Crippen LogP contribution in [0.4, 0.5) is 0 Å². The molecule has 0 aliphatic carbocycles. The molecule has 0 bridgehead atoms. The first-order valence-corrected chi connectivity index (χ1v) is 8.57. The van der Waals surface area contributed by atoms with Gasteiger partial charge in [-0.2, -0.15) is 0 Å². The lowest BCUT2D eigenvalue weighted by molar-refractivity contribution is -0.124. The Bertz CT molecular complexity index is 274. The Morgan fingerprint density at radius 3 is 1.90 bits per heavy atom. The number of primary amides is 1. The van der Waals surface area contributed by atoms with Crippen LogP contribution in [-0.2, 0) is 9.53 Å². The molecule has 2 unspecified atom stereocenters. The lowest BCUT2D eigenvalue weighted by atomic mass is 9.89. The van der Waals surface area contributed by atoms with Gasteiger partial charge in [-0.05, 0) is 12.3 Å². The fourth-order valence-electron chi connectivity index (χ4n) is 2.92. The molecule has 3 nitrogen and oxygen atoms in total. The molecular weight excluding hydrogens is 250 g/mol. The zero-order valence-corrected chi connectivity index (χ0v) is 13.5. The molecule has 0 spiro atoms. The monoisotopic (exact) mass is 283 g/mol. The van der Waals surface area contributed by atoms with Crippen LogP contribution in [0.15, 0.2) is 0 Å². The number of epoxide rings is 1. The van der Waals surface area contributed by atoms with Crippen LogP contribution in [0.2, 0.25) is 0 Å². The van der Waals surface area contributed by atoms with Crippen LogP contribution in [0, 0.1) is 5.92 Å². The van der Waals surface area contributed by atoms with Crippen molar-refractivity contribution in [2.75, 3.05) is 6.61 Å². The predicted molar refractivity (Wildman–Crippen MR) is 83.5 cm³/mol. The molecule has 0 radical (unpaired) electrons.